The van der Waals surface area contributed by atoms with Crippen LogP contribution in [0.15, 0.2) is 103 Å². The third-order valence-corrected chi connectivity index (χ3v) is 11.4. The van der Waals surface area contributed by atoms with Gasteiger partial charge >= 0.3 is 5.97 Å². The van der Waals surface area contributed by atoms with E-state index < -0.39 is 23.5 Å². The molecule has 10 nitrogen and oxygen atoms in total. The summed E-state index contributed by atoms with van der Waals surface area (Å²) in [6, 6.07) is 30.7. The SMILES string of the molecule is Cc1cc(F)c(-c2cccc(-c3cn4c(N5CCC(C)(OCCOCC(C)OCc6ccccc6)CC5)c(C(O)C(=O)O)c(C)c(C)c4n3)c2)c(OCc2ccccc2)c1. The van der Waals surface area contributed by atoms with Crippen molar-refractivity contribution in [2.75, 3.05) is 37.8 Å². The quantitative estimate of drug-likeness (QED) is 0.0870. The van der Waals surface area contributed by atoms with Gasteiger partial charge in [-0.1, -0.05) is 78.9 Å². The highest BCUT2D eigenvalue weighted by Crippen LogP contribution is 2.40. The number of halogens is 1. The summed E-state index contributed by atoms with van der Waals surface area (Å²) >= 11 is 0. The molecule has 1 aliphatic heterocycles. The Bertz CT molecular complexity index is 2410. The molecule has 0 saturated carbocycles. The second-order valence-corrected chi connectivity index (χ2v) is 16.0. The minimum atomic E-state index is -1.75. The van der Waals surface area contributed by atoms with Gasteiger partial charge in [-0.25, -0.2) is 14.2 Å². The summed E-state index contributed by atoms with van der Waals surface area (Å²) in [5, 5.41) is 21.3. The van der Waals surface area contributed by atoms with Crippen LogP contribution < -0.4 is 9.64 Å². The van der Waals surface area contributed by atoms with Gasteiger partial charge in [0.25, 0.3) is 0 Å². The number of imidazole rings is 1. The number of aryl methyl sites for hydroxylation is 2. The number of ether oxygens (including phenoxy) is 4. The molecule has 0 radical (unpaired) electrons. The third-order valence-electron chi connectivity index (χ3n) is 11.4. The van der Waals surface area contributed by atoms with Crippen molar-refractivity contribution in [2.45, 2.75) is 78.5 Å². The lowest BCUT2D eigenvalue weighted by Crippen LogP contribution is -2.46. The van der Waals surface area contributed by atoms with Crippen molar-refractivity contribution in [2.24, 2.45) is 0 Å². The van der Waals surface area contributed by atoms with Gasteiger partial charge in [-0.2, -0.15) is 0 Å². The number of carboxylic acid groups (broad SMARTS) is 1. The van der Waals surface area contributed by atoms with Crippen LogP contribution in [-0.2, 0) is 32.2 Å². The molecule has 2 atom stereocenters. The van der Waals surface area contributed by atoms with Gasteiger partial charge in [0.15, 0.2) is 6.10 Å². The van der Waals surface area contributed by atoms with Crippen molar-refractivity contribution >= 4 is 17.4 Å². The second-order valence-electron chi connectivity index (χ2n) is 16.0. The Morgan fingerprint density at radius 3 is 2.22 bits per heavy atom. The summed E-state index contributed by atoms with van der Waals surface area (Å²) in [4.78, 5) is 19.6. The summed E-state index contributed by atoms with van der Waals surface area (Å²) < 4.78 is 42.1. The van der Waals surface area contributed by atoms with Crippen LogP contribution in [0.4, 0.5) is 10.2 Å². The van der Waals surface area contributed by atoms with Crippen molar-refractivity contribution in [3.63, 3.8) is 0 Å². The van der Waals surface area contributed by atoms with Crippen molar-refractivity contribution in [3.05, 3.63) is 142 Å². The first kappa shape index (κ1) is 42.5. The van der Waals surface area contributed by atoms with E-state index in [0.717, 1.165) is 27.8 Å². The highest BCUT2D eigenvalue weighted by Gasteiger charge is 2.35. The average molecular weight is 816 g/mol. The molecule has 0 aliphatic carbocycles. The van der Waals surface area contributed by atoms with E-state index in [1.807, 2.05) is 129 Å². The predicted octanol–water partition coefficient (Wildman–Crippen LogP) is 9.43. The maximum Gasteiger partial charge on any atom is 0.337 e. The monoisotopic (exact) mass is 815 g/mol. The molecule has 1 fully saturated rings. The molecule has 0 spiro atoms. The smallest absolute Gasteiger partial charge is 0.337 e. The van der Waals surface area contributed by atoms with Gasteiger partial charge in [0, 0.05) is 30.4 Å². The van der Waals surface area contributed by atoms with Crippen molar-refractivity contribution in [1.29, 1.82) is 0 Å². The molecule has 3 heterocycles. The van der Waals surface area contributed by atoms with Gasteiger partial charge in [-0.3, -0.25) is 4.40 Å². The molecule has 60 heavy (non-hydrogen) atoms. The molecule has 7 rings (SSSR count). The summed E-state index contributed by atoms with van der Waals surface area (Å²) in [5.41, 5.74) is 7.14. The molecule has 0 amide bonds. The van der Waals surface area contributed by atoms with Gasteiger partial charge in [-0.05, 0) is 99.0 Å². The largest absolute Gasteiger partial charge is 0.488 e. The lowest BCUT2D eigenvalue weighted by atomic mass is 9.92. The number of aromatic nitrogens is 2. The molecule has 2 N–H and O–H groups in total. The van der Waals surface area contributed by atoms with Crippen LogP contribution in [-0.4, -0.2) is 70.2 Å². The van der Waals surface area contributed by atoms with Crippen molar-refractivity contribution in [1.82, 2.24) is 9.38 Å². The zero-order valence-electron chi connectivity index (χ0n) is 35.0. The highest BCUT2D eigenvalue weighted by molar-refractivity contribution is 5.81. The average Bonchev–Trinajstić information content (AvgIpc) is 3.70. The molecular formula is C49H54FN3O7. The number of carboxylic acids is 1. The number of hydrogen-bond acceptors (Lipinski definition) is 8. The van der Waals surface area contributed by atoms with Crippen LogP contribution in [0.2, 0.25) is 0 Å². The number of anilines is 1. The van der Waals surface area contributed by atoms with Gasteiger partial charge in [-0.15, -0.1) is 0 Å². The number of fused-ring (bicyclic) bond motifs is 1. The van der Waals surface area contributed by atoms with Crippen LogP contribution in [0, 0.1) is 26.6 Å². The fraction of sp³-hybridized carbons (Fsp3) is 0.347. The zero-order valence-corrected chi connectivity index (χ0v) is 35.0. The molecule has 314 valence electrons. The number of nitrogens with zero attached hydrogens (tertiary/aromatic N) is 3. The number of rotatable bonds is 17. The van der Waals surface area contributed by atoms with E-state index in [2.05, 4.69) is 11.8 Å². The molecule has 1 saturated heterocycles. The standard InChI is InChI=1S/C49H54FN3O7/c1-32-25-40(50)44(42(26-32)59-31-37-15-10-7-11-16-37)39-18-12-17-38(27-39)41-28-53-46(51-41)35(4)34(3)43(45(54)48(55)56)47(53)52-21-19-49(5,20-22-52)60-24-23-57-29-33(2)58-30-36-13-8-6-9-14-36/h6-18,25-28,33,45,54H,19-24,29-31H2,1-5H3,(H,55,56). The minimum absolute atomic E-state index is 0.0596. The topological polar surface area (TPSA) is 115 Å². The maximum absolute atomic E-state index is 15.8. The normalized spacial score (nSPS) is 14.9. The predicted molar refractivity (Wildman–Crippen MR) is 231 cm³/mol. The molecule has 2 aromatic heterocycles. The van der Waals surface area contributed by atoms with Gasteiger partial charge in [0.05, 0.1) is 49.4 Å². The maximum atomic E-state index is 15.8. The summed E-state index contributed by atoms with van der Waals surface area (Å²) in [6.45, 7) is 12.9. The zero-order chi connectivity index (χ0) is 42.4. The van der Waals surface area contributed by atoms with Crippen molar-refractivity contribution in [3.8, 4) is 28.1 Å². The number of aliphatic hydroxyl groups excluding tert-OH is 1. The highest BCUT2D eigenvalue weighted by atomic mass is 19.1. The minimum Gasteiger partial charge on any atom is -0.488 e. The number of aliphatic carboxylic acids is 1. The van der Waals surface area contributed by atoms with E-state index >= 15 is 4.39 Å². The Balaban J connectivity index is 1.10. The Labute approximate surface area is 351 Å². The Hall–Kier alpha value is -5.59. The van der Waals surface area contributed by atoms with Gasteiger partial charge in [0.1, 0.15) is 29.6 Å². The summed E-state index contributed by atoms with van der Waals surface area (Å²) in [6.07, 6.45) is 1.40. The fourth-order valence-corrected chi connectivity index (χ4v) is 7.85. The molecule has 6 aromatic rings. The first-order valence-electron chi connectivity index (χ1n) is 20.5. The molecule has 1 aliphatic rings. The second kappa shape index (κ2) is 18.8. The van der Waals surface area contributed by atoms with Crippen LogP contribution in [0.3, 0.4) is 0 Å². The lowest BCUT2D eigenvalue weighted by Gasteiger charge is -2.41. The molecule has 11 heteroatoms. The van der Waals surface area contributed by atoms with E-state index in [4.69, 9.17) is 23.9 Å². The number of aliphatic hydroxyl groups is 1. The third kappa shape index (κ3) is 9.71. The van der Waals surface area contributed by atoms with E-state index in [0.29, 0.717) is 97.5 Å². The number of hydrogen-bond donors (Lipinski definition) is 2. The number of benzene rings is 4. The van der Waals surface area contributed by atoms with Crippen molar-refractivity contribution < 1.29 is 38.3 Å². The molecule has 4 aromatic carbocycles. The summed E-state index contributed by atoms with van der Waals surface area (Å²) in [5.74, 6) is -0.703. The number of piperidine rings is 1. The van der Waals surface area contributed by atoms with E-state index in [1.165, 1.54) is 6.07 Å². The first-order chi connectivity index (χ1) is 28.9. The van der Waals surface area contributed by atoms with Crippen LogP contribution >= 0.6 is 0 Å². The van der Waals surface area contributed by atoms with Crippen LogP contribution in [0.5, 0.6) is 5.75 Å². The lowest BCUT2D eigenvalue weighted by molar-refractivity contribution is -0.147. The number of carbonyl (C=O) groups is 1. The van der Waals surface area contributed by atoms with Gasteiger partial charge in [0.2, 0.25) is 0 Å². The first-order valence-corrected chi connectivity index (χ1v) is 20.5. The van der Waals surface area contributed by atoms with E-state index in [9.17, 15) is 15.0 Å². The molecule has 0 bridgehead atoms. The van der Waals surface area contributed by atoms with E-state index in [1.54, 1.807) is 0 Å². The van der Waals surface area contributed by atoms with E-state index in [-0.39, 0.29) is 12.7 Å². The number of pyridine rings is 1. The molecular weight excluding hydrogens is 762 g/mol. The molecule has 2 unspecified atom stereocenters. The Morgan fingerprint density at radius 1 is 0.867 bits per heavy atom. The Kier molecular flexibility index (Phi) is 13.3. The Morgan fingerprint density at radius 2 is 1.53 bits per heavy atom. The van der Waals surface area contributed by atoms with Crippen LogP contribution in [0.25, 0.3) is 28.0 Å². The fourth-order valence-electron chi connectivity index (χ4n) is 7.85. The van der Waals surface area contributed by atoms with Crippen LogP contribution in [0.1, 0.15) is 66.2 Å². The summed E-state index contributed by atoms with van der Waals surface area (Å²) in [7, 11) is 0. The van der Waals surface area contributed by atoms with Gasteiger partial charge < -0.3 is 34.1 Å².